The van der Waals surface area contributed by atoms with E-state index in [1.807, 2.05) is 24.3 Å². The summed E-state index contributed by atoms with van der Waals surface area (Å²) in [6.45, 7) is 0. The SMILES string of the molecule is Nc1nn(C=CC=O)c2c1C=CC(c1ccccc1)C2. The maximum atomic E-state index is 10.5. The first kappa shape index (κ1) is 12.4. The van der Waals surface area contributed by atoms with E-state index in [1.165, 1.54) is 11.6 Å². The van der Waals surface area contributed by atoms with Crippen LogP contribution in [0.5, 0.6) is 0 Å². The first-order valence-corrected chi connectivity index (χ1v) is 6.51. The molecule has 0 radical (unpaired) electrons. The predicted molar refractivity (Wildman–Crippen MR) is 80.0 cm³/mol. The van der Waals surface area contributed by atoms with Crippen LogP contribution in [0.3, 0.4) is 0 Å². The smallest absolute Gasteiger partial charge is 0.153 e. The minimum absolute atomic E-state index is 0.309. The first-order chi connectivity index (χ1) is 9.79. The molecule has 1 unspecified atom stereocenters. The lowest BCUT2D eigenvalue weighted by Gasteiger charge is -2.18. The molecule has 4 nitrogen and oxygen atoms in total. The largest absolute Gasteiger partial charge is 0.382 e. The third kappa shape index (κ3) is 2.16. The molecule has 1 atom stereocenters. The Balaban J connectivity index is 1.98. The average molecular weight is 265 g/mol. The molecule has 3 rings (SSSR count). The van der Waals surface area contributed by atoms with Gasteiger partial charge in [-0.1, -0.05) is 42.5 Å². The quantitative estimate of drug-likeness (QED) is 0.685. The van der Waals surface area contributed by atoms with E-state index in [0.717, 1.165) is 24.0 Å². The number of allylic oxidation sites excluding steroid dienone is 2. The second-order valence-electron chi connectivity index (χ2n) is 4.75. The number of aldehydes is 1. The minimum atomic E-state index is 0.309. The van der Waals surface area contributed by atoms with Gasteiger partial charge in [0, 0.05) is 24.1 Å². The molecule has 100 valence electrons. The molecule has 1 heterocycles. The van der Waals surface area contributed by atoms with Crippen LogP contribution in [0, 0.1) is 0 Å². The topological polar surface area (TPSA) is 60.9 Å². The van der Waals surface area contributed by atoms with Crippen molar-refractivity contribution < 1.29 is 4.79 Å². The van der Waals surface area contributed by atoms with E-state index in [4.69, 9.17) is 5.73 Å². The Bertz CT molecular complexity index is 683. The van der Waals surface area contributed by atoms with Crippen LogP contribution in [0.2, 0.25) is 0 Å². The lowest BCUT2D eigenvalue weighted by Crippen LogP contribution is -2.08. The molecule has 1 aromatic heterocycles. The molecule has 0 saturated heterocycles. The Kier molecular flexibility index (Phi) is 3.21. The fourth-order valence-corrected chi connectivity index (χ4v) is 2.54. The summed E-state index contributed by atoms with van der Waals surface area (Å²) in [6, 6.07) is 10.3. The Morgan fingerprint density at radius 3 is 2.85 bits per heavy atom. The first-order valence-electron chi connectivity index (χ1n) is 6.51. The van der Waals surface area contributed by atoms with Crippen molar-refractivity contribution in [3.05, 3.63) is 59.3 Å². The Morgan fingerprint density at radius 2 is 2.10 bits per heavy atom. The van der Waals surface area contributed by atoms with Gasteiger partial charge in [-0.3, -0.25) is 4.79 Å². The van der Waals surface area contributed by atoms with Gasteiger partial charge in [0.1, 0.15) is 6.29 Å². The molecule has 0 spiro atoms. The van der Waals surface area contributed by atoms with Crippen LogP contribution >= 0.6 is 0 Å². The van der Waals surface area contributed by atoms with Crippen LogP contribution < -0.4 is 5.73 Å². The lowest BCUT2D eigenvalue weighted by atomic mass is 9.88. The summed E-state index contributed by atoms with van der Waals surface area (Å²) in [5.41, 5.74) is 9.17. The summed E-state index contributed by atoms with van der Waals surface area (Å²) >= 11 is 0. The molecule has 1 aliphatic rings. The lowest BCUT2D eigenvalue weighted by molar-refractivity contribution is -0.104. The number of anilines is 1. The zero-order valence-electron chi connectivity index (χ0n) is 10.9. The van der Waals surface area contributed by atoms with Crippen molar-refractivity contribution in [2.45, 2.75) is 12.3 Å². The Hall–Kier alpha value is -2.62. The van der Waals surface area contributed by atoms with Crippen molar-refractivity contribution >= 4 is 24.4 Å². The van der Waals surface area contributed by atoms with Gasteiger partial charge in [-0.15, -0.1) is 0 Å². The number of nitrogens with zero attached hydrogens (tertiary/aromatic N) is 2. The third-order valence-corrected chi connectivity index (χ3v) is 3.52. The highest BCUT2D eigenvalue weighted by molar-refractivity contribution is 5.72. The van der Waals surface area contributed by atoms with E-state index >= 15 is 0 Å². The summed E-state index contributed by atoms with van der Waals surface area (Å²) in [6.07, 6.45) is 8.79. The van der Waals surface area contributed by atoms with Gasteiger partial charge in [0.05, 0.1) is 5.69 Å². The van der Waals surface area contributed by atoms with Crippen LogP contribution in [0.15, 0.2) is 42.5 Å². The molecule has 0 saturated carbocycles. The highest BCUT2D eigenvalue weighted by Crippen LogP contribution is 2.32. The molecule has 2 aromatic rings. The molecule has 1 aromatic carbocycles. The number of nitrogen functional groups attached to an aromatic ring is 1. The van der Waals surface area contributed by atoms with Crippen molar-refractivity contribution in [2.24, 2.45) is 0 Å². The number of hydrogen-bond acceptors (Lipinski definition) is 3. The number of aromatic nitrogens is 2. The standard InChI is InChI=1S/C16H15N3O/c17-16-14-8-7-13(12-5-2-1-3-6-12)11-15(14)19(18-16)9-4-10-20/h1-10,13H,11H2,(H2,17,18). The summed E-state index contributed by atoms with van der Waals surface area (Å²) < 4.78 is 1.69. The number of hydrogen-bond donors (Lipinski definition) is 1. The molecule has 4 heteroatoms. The number of rotatable bonds is 3. The molecule has 1 aliphatic carbocycles. The van der Waals surface area contributed by atoms with Gasteiger partial charge < -0.3 is 5.73 Å². The maximum absolute atomic E-state index is 10.5. The normalized spacial score (nSPS) is 17.3. The number of nitrogens with two attached hydrogens (primary N) is 1. The Labute approximate surface area is 117 Å². The van der Waals surface area contributed by atoms with Gasteiger partial charge in [0.15, 0.2) is 5.82 Å². The second kappa shape index (κ2) is 5.17. The van der Waals surface area contributed by atoms with Crippen LogP contribution in [-0.4, -0.2) is 16.1 Å². The van der Waals surface area contributed by atoms with Gasteiger partial charge >= 0.3 is 0 Å². The van der Waals surface area contributed by atoms with Gasteiger partial charge in [0.25, 0.3) is 0 Å². The minimum Gasteiger partial charge on any atom is -0.382 e. The van der Waals surface area contributed by atoms with Crippen molar-refractivity contribution in [1.29, 1.82) is 0 Å². The average Bonchev–Trinajstić information content (AvgIpc) is 2.82. The summed E-state index contributed by atoms with van der Waals surface area (Å²) in [7, 11) is 0. The van der Waals surface area contributed by atoms with Crippen molar-refractivity contribution in [3.8, 4) is 0 Å². The fourth-order valence-electron chi connectivity index (χ4n) is 2.54. The van der Waals surface area contributed by atoms with Gasteiger partial charge in [-0.25, -0.2) is 4.68 Å². The number of fused-ring (bicyclic) bond motifs is 1. The van der Waals surface area contributed by atoms with E-state index in [0.29, 0.717) is 11.7 Å². The highest BCUT2D eigenvalue weighted by atomic mass is 16.1. The van der Waals surface area contributed by atoms with Gasteiger partial charge in [-0.05, 0) is 11.6 Å². The van der Waals surface area contributed by atoms with E-state index in [2.05, 4.69) is 23.3 Å². The predicted octanol–water partition coefficient (Wildman–Crippen LogP) is 2.49. The second-order valence-corrected chi connectivity index (χ2v) is 4.75. The monoisotopic (exact) mass is 265 g/mol. The van der Waals surface area contributed by atoms with Crippen LogP contribution in [0.4, 0.5) is 5.82 Å². The zero-order valence-corrected chi connectivity index (χ0v) is 10.9. The molecule has 0 fully saturated rings. The van der Waals surface area contributed by atoms with Crippen molar-refractivity contribution in [3.63, 3.8) is 0 Å². The number of benzene rings is 1. The molecule has 0 bridgehead atoms. The fraction of sp³-hybridized carbons (Fsp3) is 0.125. The molecule has 0 amide bonds. The zero-order chi connectivity index (χ0) is 13.9. The third-order valence-electron chi connectivity index (χ3n) is 3.52. The molecule has 0 aliphatic heterocycles. The number of carbonyl (C=O) groups excluding carboxylic acids is 1. The van der Waals surface area contributed by atoms with Crippen LogP contribution in [0.1, 0.15) is 22.7 Å². The van der Waals surface area contributed by atoms with E-state index in [9.17, 15) is 4.79 Å². The van der Waals surface area contributed by atoms with Crippen LogP contribution in [-0.2, 0) is 11.2 Å². The van der Waals surface area contributed by atoms with Crippen LogP contribution in [0.25, 0.3) is 12.3 Å². The van der Waals surface area contributed by atoms with Crippen molar-refractivity contribution in [2.75, 3.05) is 5.73 Å². The van der Waals surface area contributed by atoms with Gasteiger partial charge in [-0.2, -0.15) is 5.10 Å². The van der Waals surface area contributed by atoms with Gasteiger partial charge in [0.2, 0.25) is 0 Å². The molecular formula is C16H15N3O. The summed E-state index contributed by atoms with van der Waals surface area (Å²) in [5, 5.41) is 4.26. The Morgan fingerprint density at radius 1 is 1.30 bits per heavy atom. The van der Waals surface area contributed by atoms with E-state index in [1.54, 1.807) is 10.9 Å². The summed E-state index contributed by atoms with van der Waals surface area (Å²) in [4.78, 5) is 10.5. The van der Waals surface area contributed by atoms with Crippen molar-refractivity contribution in [1.82, 2.24) is 9.78 Å². The summed E-state index contributed by atoms with van der Waals surface area (Å²) in [5.74, 6) is 0.807. The number of carbonyl (C=O) groups is 1. The van der Waals surface area contributed by atoms with E-state index in [-0.39, 0.29) is 0 Å². The molecular weight excluding hydrogens is 250 g/mol. The molecule has 20 heavy (non-hydrogen) atoms. The maximum Gasteiger partial charge on any atom is 0.153 e. The molecule has 2 N–H and O–H groups in total. The van der Waals surface area contributed by atoms with E-state index < -0.39 is 0 Å². The highest BCUT2D eigenvalue weighted by Gasteiger charge is 2.21.